The summed E-state index contributed by atoms with van der Waals surface area (Å²) in [7, 11) is 0. The molecule has 0 aliphatic heterocycles. The van der Waals surface area contributed by atoms with Crippen molar-refractivity contribution in [1.29, 1.82) is 0 Å². The monoisotopic (exact) mass is 252 g/mol. The van der Waals surface area contributed by atoms with Crippen molar-refractivity contribution in [2.24, 2.45) is 0 Å². The summed E-state index contributed by atoms with van der Waals surface area (Å²) in [5.74, 6) is 1.93. The van der Waals surface area contributed by atoms with Gasteiger partial charge in [-0.15, -0.1) is 0 Å². The van der Waals surface area contributed by atoms with Gasteiger partial charge in [-0.3, -0.25) is 0 Å². The van der Waals surface area contributed by atoms with Crippen molar-refractivity contribution in [2.75, 3.05) is 6.61 Å². The summed E-state index contributed by atoms with van der Waals surface area (Å²) in [5, 5.41) is 9.27. The number of aliphatic hydroxyl groups is 1. The van der Waals surface area contributed by atoms with E-state index in [0.717, 1.165) is 6.42 Å². The Morgan fingerprint density at radius 2 is 1.94 bits per heavy atom. The number of rotatable bonds is 4. The van der Waals surface area contributed by atoms with Gasteiger partial charge < -0.3 is 9.84 Å². The van der Waals surface area contributed by atoms with E-state index < -0.39 is 17.7 Å². The predicted octanol–water partition coefficient (Wildman–Crippen LogP) is 2.04. The lowest BCUT2D eigenvalue weighted by Crippen LogP contribution is -2.52. The molecule has 0 spiro atoms. The highest BCUT2D eigenvalue weighted by Crippen LogP contribution is 2.31. The molecular formula is C11H15F3O3. The molecule has 3 nitrogen and oxygen atoms in total. The lowest BCUT2D eigenvalue weighted by atomic mass is 10.0. The maximum atomic E-state index is 12.5. The number of unbranched alkanes of at least 4 members (excludes halogenated alkanes) is 2. The molecule has 98 valence electrons. The first-order valence-corrected chi connectivity index (χ1v) is 5.26. The molecule has 0 rings (SSSR count). The zero-order chi connectivity index (χ0) is 13.5. The number of alkyl halides is 3. The number of carbonyl (C=O) groups excluding carboxylic acids is 1. The van der Waals surface area contributed by atoms with Crippen molar-refractivity contribution >= 4 is 5.97 Å². The molecule has 0 saturated carbocycles. The van der Waals surface area contributed by atoms with E-state index in [9.17, 15) is 23.1 Å². The molecule has 0 aliphatic rings. The molecule has 1 unspecified atom stereocenters. The van der Waals surface area contributed by atoms with Crippen LogP contribution in [0.4, 0.5) is 13.2 Å². The number of carbonyl (C=O) groups is 1. The van der Waals surface area contributed by atoms with E-state index in [1.54, 1.807) is 5.92 Å². The van der Waals surface area contributed by atoms with Crippen LogP contribution in [-0.4, -0.2) is 29.5 Å². The maximum absolute atomic E-state index is 12.5. The Morgan fingerprint density at radius 1 is 1.35 bits per heavy atom. The van der Waals surface area contributed by atoms with Crippen LogP contribution in [0.3, 0.4) is 0 Å². The molecule has 0 saturated heterocycles. The SMILES string of the molecule is CCCCC#CC(O)(C(=O)OCC)C(F)(F)F. The largest absolute Gasteiger partial charge is 0.463 e. The van der Waals surface area contributed by atoms with Gasteiger partial charge in [0.2, 0.25) is 0 Å². The minimum Gasteiger partial charge on any atom is -0.463 e. The Hall–Kier alpha value is -1.22. The molecule has 0 aromatic rings. The summed E-state index contributed by atoms with van der Waals surface area (Å²) in [5.41, 5.74) is -3.73. The zero-order valence-electron chi connectivity index (χ0n) is 9.73. The number of halogens is 3. The molecule has 0 aliphatic carbocycles. The van der Waals surface area contributed by atoms with Crippen LogP contribution in [-0.2, 0) is 9.53 Å². The summed E-state index contributed by atoms with van der Waals surface area (Å²) in [6.07, 6.45) is -3.62. The van der Waals surface area contributed by atoms with Crippen molar-refractivity contribution in [3.63, 3.8) is 0 Å². The van der Waals surface area contributed by atoms with Crippen LogP contribution >= 0.6 is 0 Å². The molecule has 0 radical (unpaired) electrons. The molecular weight excluding hydrogens is 237 g/mol. The first kappa shape index (κ1) is 15.8. The third kappa shape index (κ3) is 4.27. The molecule has 17 heavy (non-hydrogen) atoms. The van der Waals surface area contributed by atoms with Crippen LogP contribution in [0.2, 0.25) is 0 Å². The van der Waals surface area contributed by atoms with E-state index in [1.165, 1.54) is 6.92 Å². The van der Waals surface area contributed by atoms with Crippen molar-refractivity contribution in [2.45, 2.75) is 44.9 Å². The van der Waals surface area contributed by atoms with E-state index in [4.69, 9.17) is 0 Å². The molecule has 6 heteroatoms. The topological polar surface area (TPSA) is 46.5 Å². The van der Waals surface area contributed by atoms with Crippen LogP contribution in [0.25, 0.3) is 0 Å². The van der Waals surface area contributed by atoms with Crippen molar-refractivity contribution in [3.8, 4) is 11.8 Å². The average molecular weight is 252 g/mol. The van der Waals surface area contributed by atoms with E-state index in [2.05, 4.69) is 10.7 Å². The van der Waals surface area contributed by atoms with Gasteiger partial charge in [-0.05, 0) is 19.3 Å². The highest BCUT2D eigenvalue weighted by molar-refractivity contribution is 5.84. The van der Waals surface area contributed by atoms with Gasteiger partial charge >= 0.3 is 17.7 Å². The first-order valence-electron chi connectivity index (χ1n) is 5.26. The smallest absolute Gasteiger partial charge is 0.440 e. The van der Waals surface area contributed by atoms with Gasteiger partial charge in [0.05, 0.1) is 6.61 Å². The maximum Gasteiger partial charge on any atom is 0.440 e. The van der Waals surface area contributed by atoms with Gasteiger partial charge in [0.15, 0.2) is 0 Å². The van der Waals surface area contributed by atoms with Gasteiger partial charge in [-0.2, -0.15) is 13.2 Å². The minimum atomic E-state index is -5.17. The van der Waals surface area contributed by atoms with Crippen molar-refractivity contribution < 1.29 is 27.8 Å². The third-order valence-electron chi connectivity index (χ3n) is 1.91. The number of esters is 1. The summed E-state index contributed by atoms with van der Waals surface area (Å²) >= 11 is 0. The molecule has 0 aromatic heterocycles. The zero-order valence-corrected chi connectivity index (χ0v) is 9.73. The number of ether oxygens (including phenoxy) is 1. The fourth-order valence-electron chi connectivity index (χ4n) is 0.929. The Bertz CT molecular complexity index is 314. The fraction of sp³-hybridized carbons (Fsp3) is 0.727. The summed E-state index contributed by atoms with van der Waals surface area (Å²) in [6, 6.07) is 0. The minimum absolute atomic E-state index is 0.189. The summed E-state index contributed by atoms with van der Waals surface area (Å²) in [4.78, 5) is 11.1. The van der Waals surface area contributed by atoms with Crippen molar-refractivity contribution in [1.82, 2.24) is 0 Å². The molecule has 1 atom stereocenters. The van der Waals surface area contributed by atoms with E-state index in [1.807, 2.05) is 6.92 Å². The average Bonchev–Trinajstić information content (AvgIpc) is 2.22. The molecule has 0 bridgehead atoms. The van der Waals surface area contributed by atoms with Crippen molar-refractivity contribution in [3.05, 3.63) is 0 Å². The second-order valence-corrected chi connectivity index (χ2v) is 3.33. The first-order chi connectivity index (χ1) is 7.79. The normalized spacial score (nSPS) is 14.5. The quantitative estimate of drug-likeness (QED) is 0.473. The van der Waals surface area contributed by atoms with Gasteiger partial charge in [0.1, 0.15) is 0 Å². The second-order valence-electron chi connectivity index (χ2n) is 3.33. The van der Waals surface area contributed by atoms with Crippen LogP contribution in [0.5, 0.6) is 0 Å². The van der Waals surface area contributed by atoms with Crippen LogP contribution < -0.4 is 0 Å². The second kappa shape index (κ2) is 6.50. The standard InChI is InChI=1S/C11H15F3O3/c1-3-5-6-7-8-10(16,11(12,13)14)9(15)17-4-2/h16H,3-6H2,1-2H3. The molecule has 1 N–H and O–H groups in total. The van der Waals surface area contributed by atoms with Gasteiger partial charge in [0, 0.05) is 6.42 Å². The molecule has 0 fully saturated rings. The lowest BCUT2D eigenvalue weighted by Gasteiger charge is -2.22. The van der Waals surface area contributed by atoms with Crippen LogP contribution in [0.1, 0.15) is 33.1 Å². The Labute approximate surface area is 98.0 Å². The highest BCUT2D eigenvalue weighted by atomic mass is 19.4. The fourth-order valence-corrected chi connectivity index (χ4v) is 0.929. The van der Waals surface area contributed by atoms with Gasteiger partial charge in [-0.1, -0.05) is 19.3 Å². The number of hydrogen-bond acceptors (Lipinski definition) is 3. The van der Waals surface area contributed by atoms with Crippen LogP contribution in [0, 0.1) is 11.8 Å². The molecule has 0 amide bonds. The van der Waals surface area contributed by atoms with Crippen LogP contribution in [0.15, 0.2) is 0 Å². The van der Waals surface area contributed by atoms with E-state index >= 15 is 0 Å². The lowest BCUT2D eigenvalue weighted by molar-refractivity contribution is -0.242. The summed E-state index contributed by atoms with van der Waals surface area (Å²) in [6.45, 7) is 2.94. The molecule has 0 heterocycles. The van der Waals surface area contributed by atoms with E-state index in [0.29, 0.717) is 6.42 Å². The predicted molar refractivity (Wildman–Crippen MR) is 54.9 cm³/mol. The van der Waals surface area contributed by atoms with Gasteiger partial charge in [-0.25, -0.2) is 4.79 Å². The third-order valence-corrected chi connectivity index (χ3v) is 1.91. The number of hydrogen-bond donors (Lipinski definition) is 1. The van der Waals surface area contributed by atoms with Gasteiger partial charge in [0.25, 0.3) is 0 Å². The highest BCUT2D eigenvalue weighted by Gasteiger charge is 2.60. The Kier molecular flexibility index (Phi) is 6.03. The Balaban J connectivity index is 4.97. The Morgan fingerprint density at radius 3 is 2.35 bits per heavy atom. The summed E-state index contributed by atoms with van der Waals surface area (Å²) < 4.78 is 41.8. The molecule has 0 aromatic carbocycles. The van der Waals surface area contributed by atoms with E-state index in [-0.39, 0.29) is 13.0 Å².